The molecule has 4 nitrogen and oxygen atoms in total. The molecule has 1 unspecified atom stereocenters. The van der Waals surface area contributed by atoms with Crippen LogP contribution in [0.15, 0.2) is 59.5 Å². The fourth-order valence-electron chi connectivity index (χ4n) is 1.59. The van der Waals surface area contributed by atoms with E-state index in [1.165, 1.54) is 24.3 Å². The Morgan fingerprint density at radius 1 is 0.895 bits per heavy atom. The van der Waals surface area contributed by atoms with Gasteiger partial charge in [0.1, 0.15) is 21.8 Å². The lowest BCUT2D eigenvalue weighted by atomic mass is 10.4. The second-order valence-electron chi connectivity index (χ2n) is 3.86. The third kappa shape index (κ3) is 3.14. The van der Waals surface area contributed by atoms with Gasteiger partial charge >= 0.3 is 6.84 Å². The number of hydrogen-bond donors (Lipinski definition) is 2. The minimum absolute atomic E-state index is 0.235. The van der Waals surface area contributed by atoms with Gasteiger partial charge in [0.2, 0.25) is 0 Å². The first kappa shape index (κ1) is 14.4. The molecule has 2 N–H and O–H groups in total. The van der Waals surface area contributed by atoms with Crippen molar-refractivity contribution in [1.82, 2.24) is 0 Å². The summed E-state index contributed by atoms with van der Waals surface area (Å²) in [5.74, 6) is 0. The minimum atomic E-state index is -4.24. The summed E-state index contributed by atoms with van der Waals surface area (Å²) >= 11 is 6.21. The zero-order valence-corrected chi connectivity index (χ0v) is 12.1. The quantitative estimate of drug-likeness (QED) is 0.670. The Morgan fingerprint density at radius 2 is 1.37 bits per heavy atom. The van der Waals surface area contributed by atoms with Gasteiger partial charge in [0.25, 0.3) is 10.1 Å². The lowest BCUT2D eigenvalue weighted by Gasteiger charge is -2.10. The first-order valence-corrected chi connectivity index (χ1v) is 9.36. The topological polar surface area (TPSA) is 74.6 Å². The fourth-order valence-corrected chi connectivity index (χ4v) is 4.16. The molecule has 0 bridgehead atoms. The molecule has 0 aromatic heterocycles. The largest absolute Gasteiger partial charge is 0.303 e. The Labute approximate surface area is 116 Å². The van der Waals surface area contributed by atoms with Crippen molar-refractivity contribution in [1.29, 1.82) is 0 Å². The predicted molar refractivity (Wildman–Crippen MR) is 77.0 cm³/mol. The highest BCUT2D eigenvalue weighted by atomic mass is 35.7. The predicted octanol–water partition coefficient (Wildman–Crippen LogP) is 1.96. The van der Waals surface area contributed by atoms with Crippen LogP contribution in [-0.4, -0.2) is 17.9 Å². The zero-order chi connectivity index (χ0) is 14.1. The molecule has 0 aliphatic carbocycles. The smallest absolute Gasteiger partial charge is 0.282 e. The molecule has 0 aliphatic heterocycles. The van der Waals surface area contributed by atoms with Gasteiger partial charge in [-0.25, -0.2) is 4.89 Å². The Balaban J connectivity index is 2.43. The van der Waals surface area contributed by atoms with E-state index in [0.29, 0.717) is 10.6 Å². The Kier molecular flexibility index (Phi) is 3.95. The molecule has 0 heterocycles. The van der Waals surface area contributed by atoms with Crippen LogP contribution in [0.2, 0.25) is 0 Å². The van der Waals surface area contributed by atoms with E-state index in [1.54, 1.807) is 24.3 Å². The molecule has 2 aromatic rings. The number of hydrogen-bond acceptors (Lipinski definition) is 3. The van der Waals surface area contributed by atoms with Crippen LogP contribution in [-0.2, 0) is 10.1 Å². The van der Waals surface area contributed by atoms with Crippen LogP contribution in [0, 0.1) is 0 Å². The second kappa shape index (κ2) is 5.19. The summed E-state index contributed by atoms with van der Waals surface area (Å²) in [4.78, 5) is 10.2. The van der Waals surface area contributed by atoms with Crippen LogP contribution in [0.1, 0.15) is 0 Å². The monoisotopic (exact) mass is 317 g/mol. The Morgan fingerprint density at radius 3 is 1.84 bits per heavy atom. The molecule has 7 heteroatoms. The molecule has 0 amide bonds. The normalized spacial score (nSPS) is 14.9. The van der Waals surface area contributed by atoms with E-state index >= 15 is 0 Å². The summed E-state index contributed by atoms with van der Waals surface area (Å²) in [6.45, 7) is -3.02. The molecular weight excluding hydrogens is 307 g/mol. The van der Waals surface area contributed by atoms with Crippen molar-refractivity contribution in [3.63, 3.8) is 0 Å². The summed E-state index contributed by atoms with van der Waals surface area (Å²) < 4.78 is 30.8. The molecule has 0 saturated carbocycles. The lowest BCUT2D eigenvalue weighted by Crippen LogP contribution is -2.17. The van der Waals surface area contributed by atoms with Gasteiger partial charge in [-0.3, -0.25) is 4.55 Å². The average Bonchev–Trinajstić information content (AvgIpc) is 2.39. The van der Waals surface area contributed by atoms with Crippen molar-refractivity contribution in [2.24, 2.45) is 0 Å². The maximum Gasteiger partial charge on any atom is 0.303 e. The van der Waals surface area contributed by atoms with Crippen LogP contribution in [0.3, 0.4) is 0 Å². The third-order valence-corrected chi connectivity index (χ3v) is 6.58. The second-order valence-corrected chi connectivity index (χ2v) is 8.90. The highest BCUT2D eigenvalue weighted by Crippen LogP contribution is 2.57. The van der Waals surface area contributed by atoms with E-state index < -0.39 is 17.0 Å². The van der Waals surface area contributed by atoms with Gasteiger partial charge in [-0.15, -0.1) is 0 Å². The maximum atomic E-state index is 10.9. The number of benzene rings is 2. The number of rotatable bonds is 3. The van der Waals surface area contributed by atoms with Crippen LogP contribution in [0.4, 0.5) is 0 Å². The van der Waals surface area contributed by atoms with Crippen molar-refractivity contribution in [2.45, 2.75) is 4.90 Å². The maximum absolute atomic E-state index is 10.9. The van der Waals surface area contributed by atoms with E-state index in [2.05, 4.69) is 0 Å². The summed E-state index contributed by atoms with van der Waals surface area (Å²) in [6, 6.07) is 14.0. The third-order valence-electron chi connectivity index (χ3n) is 2.58. The van der Waals surface area contributed by atoms with Gasteiger partial charge < -0.3 is 0 Å². The first-order chi connectivity index (χ1) is 8.82. The molecule has 0 saturated heterocycles. The van der Waals surface area contributed by atoms with Gasteiger partial charge in [0.15, 0.2) is 0 Å². The van der Waals surface area contributed by atoms with Gasteiger partial charge in [-0.05, 0) is 36.4 Å². The molecule has 0 fully saturated rings. The molecule has 0 radical (unpaired) electrons. The summed E-state index contributed by atoms with van der Waals surface area (Å²) in [7, 11) is -4.24. The van der Waals surface area contributed by atoms with Crippen molar-refractivity contribution in [3.8, 4) is 0 Å². The lowest BCUT2D eigenvalue weighted by molar-refractivity contribution is 0.483. The molecule has 0 spiro atoms. The average molecular weight is 318 g/mol. The highest BCUT2D eigenvalue weighted by molar-refractivity contribution is 8.05. The van der Waals surface area contributed by atoms with Gasteiger partial charge in [0, 0.05) is 0 Å². The molecule has 100 valence electrons. The summed E-state index contributed by atoms with van der Waals surface area (Å²) in [6.07, 6.45) is 0. The molecular formula is C12H11ClO4PS+. The molecule has 1 atom stereocenters. The minimum Gasteiger partial charge on any atom is -0.282 e. The summed E-state index contributed by atoms with van der Waals surface area (Å²) in [5.41, 5.74) is 0. The van der Waals surface area contributed by atoms with E-state index in [4.69, 9.17) is 15.8 Å². The number of halogens is 1. The van der Waals surface area contributed by atoms with Crippen molar-refractivity contribution >= 4 is 38.8 Å². The Hall–Kier alpha value is -0.970. The SMILES string of the molecule is O=S(=O)(O)c1ccc([P+](O)(Cl)c2ccccc2)cc1. The molecule has 2 rings (SSSR count). The van der Waals surface area contributed by atoms with Crippen molar-refractivity contribution in [2.75, 3.05) is 0 Å². The van der Waals surface area contributed by atoms with Gasteiger partial charge in [0.05, 0.1) is 4.90 Å². The van der Waals surface area contributed by atoms with E-state index in [1.807, 2.05) is 6.07 Å². The summed E-state index contributed by atoms with van der Waals surface area (Å²) in [5, 5.41) is 1.00. The molecule has 2 aromatic carbocycles. The highest BCUT2D eigenvalue weighted by Gasteiger charge is 2.40. The van der Waals surface area contributed by atoms with Gasteiger partial charge in [-0.2, -0.15) is 8.42 Å². The van der Waals surface area contributed by atoms with Crippen LogP contribution < -0.4 is 10.6 Å². The van der Waals surface area contributed by atoms with E-state index in [0.717, 1.165) is 0 Å². The first-order valence-electron chi connectivity index (χ1n) is 5.27. The van der Waals surface area contributed by atoms with Crippen molar-refractivity contribution < 1.29 is 17.9 Å². The zero-order valence-electron chi connectivity index (χ0n) is 9.64. The van der Waals surface area contributed by atoms with Crippen molar-refractivity contribution in [3.05, 3.63) is 54.6 Å². The van der Waals surface area contributed by atoms with E-state index in [-0.39, 0.29) is 4.90 Å². The van der Waals surface area contributed by atoms with Crippen LogP contribution >= 0.6 is 18.1 Å². The molecule has 19 heavy (non-hydrogen) atoms. The Bertz CT molecular complexity index is 669. The van der Waals surface area contributed by atoms with Gasteiger partial charge in [-0.1, -0.05) is 18.2 Å². The van der Waals surface area contributed by atoms with Crippen LogP contribution in [0.25, 0.3) is 0 Å². The van der Waals surface area contributed by atoms with Crippen LogP contribution in [0.5, 0.6) is 0 Å². The fraction of sp³-hybridized carbons (Fsp3) is 0. The van der Waals surface area contributed by atoms with E-state index in [9.17, 15) is 13.3 Å². The standard InChI is InChI=1S/C12H10ClO4PS/c13-18(14,10-4-2-1-3-5-10)11-6-8-12(9-7-11)19(15,16)17/h1-9,14H/p+1. The molecule has 0 aliphatic rings.